The minimum Gasteiger partial charge on any atom is -0.443 e. The predicted molar refractivity (Wildman–Crippen MR) is 38.7 cm³/mol. The Bertz CT molecular complexity index is 425. The maximum atomic E-state index is 8.52. The van der Waals surface area contributed by atoms with Gasteiger partial charge in [-0.25, -0.2) is 4.98 Å². The lowest BCUT2D eigenvalue weighted by atomic mass is 10.2. The summed E-state index contributed by atoms with van der Waals surface area (Å²) in [7, 11) is 0. The van der Waals surface area contributed by atoms with Crippen LogP contribution in [-0.4, -0.2) is 4.98 Å². The van der Waals surface area contributed by atoms with Crippen LogP contribution in [0.1, 0.15) is 5.56 Å². The van der Waals surface area contributed by atoms with E-state index < -0.39 is 0 Å². The summed E-state index contributed by atoms with van der Waals surface area (Å²) < 4.78 is 5.00. The molecule has 0 radical (unpaired) electrons. The van der Waals surface area contributed by atoms with E-state index in [4.69, 9.17) is 9.68 Å². The van der Waals surface area contributed by atoms with E-state index >= 15 is 0 Å². The number of nitrogens with zero attached hydrogens (tertiary/aromatic N) is 2. The van der Waals surface area contributed by atoms with Crippen molar-refractivity contribution >= 4 is 11.1 Å². The van der Waals surface area contributed by atoms with Gasteiger partial charge in [-0.15, -0.1) is 0 Å². The number of fused-ring (bicyclic) bond motifs is 1. The molecule has 1 heterocycles. The zero-order chi connectivity index (χ0) is 7.68. The maximum absolute atomic E-state index is 8.52. The van der Waals surface area contributed by atoms with Crippen LogP contribution in [-0.2, 0) is 0 Å². The average Bonchev–Trinajstić information content (AvgIpc) is 2.50. The van der Waals surface area contributed by atoms with Crippen LogP contribution in [0.5, 0.6) is 0 Å². The second kappa shape index (κ2) is 2.10. The molecule has 0 atom stereocenters. The molecule has 0 aliphatic rings. The summed E-state index contributed by atoms with van der Waals surface area (Å²) in [6.45, 7) is 0. The molecule has 0 N–H and O–H groups in total. The van der Waals surface area contributed by atoms with Crippen LogP contribution in [0.2, 0.25) is 0 Å². The molecule has 0 amide bonds. The summed E-state index contributed by atoms with van der Waals surface area (Å²) in [5.74, 6) is 0. The summed E-state index contributed by atoms with van der Waals surface area (Å²) >= 11 is 0. The molecule has 0 aliphatic carbocycles. The zero-order valence-electron chi connectivity index (χ0n) is 5.61. The fourth-order valence-electron chi connectivity index (χ4n) is 0.925. The third kappa shape index (κ3) is 0.849. The summed E-state index contributed by atoms with van der Waals surface area (Å²) in [5.41, 5.74) is 2.03. The van der Waals surface area contributed by atoms with E-state index in [2.05, 4.69) is 4.98 Å². The lowest BCUT2D eigenvalue weighted by Gasteiger charge is -1.85. The molecule has 0 saturated carbocycles. The van der Waals surface area contributed by atoms with Gasteiger partial charge in [-0.1, -0.05) is 0 Å². The van der Waals surface area contributed by atoms with Crippen LogP contribution in [0.25, 0.3) is 11.1 Å². The van der Waals surface area contributed by atoms with Crippen molar-refractivity contribution in [3.63, 3.8) is 0 Å². The lowest BCUT2D eigenvalue weighted by molar-refractivity contribution is 0.602. The van der Waals surface area contributed by atoms with Crippen LogP contribution in [0.4, 0.5) is 0 Å². The van der Waals surface area contributed by atoms with E-state index in [1.807, 2.05) is 6.07 Å². The van der Waals surface area contributed by atoms with Gasteiger partial charge in [0.05, 0.1) is 11.6 Å². The average molecular weight is 144 g/mol. The number of benzene rings is 1. The van der Waals surface area contributed by atoms with Crippen molar-refractivity contribution in [3.8, 4) is 6.07 Å². The SMILES string of the molecule is N#Cc1ccc2ncoc2c1. The van der Waals surface area contributed by atoms with Gasteiger partial charge in [0.15, 0.2) is 12.0 Å². The molecular weight excluding hydrogens is 140 g/mol. The van der Waals surface area contributed by atoms with E-state index in [1.54, 1.807) is 18.2 Å². The number of oxazole rings is 1. The highest BCUT2D eigenvalue weighted by atomic mass is 16.3. The summed E-state index contributed by atoms with van der Waals surface area (Å²) in [5, 5.41) is 8.52. The van der Waals surface area contributed by atoms with Crippen molar-refractivity contribution in [2.45, 2.75) is 0 Å². The minimum absolute atomic E-state index is 0.592. The molecule has 0 unspecified atom stereocenters. The van der Waals surface area contributed by atoms with Gasteiger partial charge in [0.2, 0.25) is 0 Å². The quantitative estimate of drug-likeness (QED) is 0.565. The molecule has 1 aromatic carbocycles. The number of rotatable bonds is 0. The first-order valence-electron chi connectivity index (χ1n) is 3.13. The van der Waals surface area contributed by atoms with Crippen molar-refractivity contribution in [2.75, 3.05) is 0 Å². The first-order chi connectivity index (χ1) is 5.40. The van der Waals surface area contributed by atoms with Gasteiger partial charge in [-0.3, -0.25) is 0 Å². The van der Waals surface area contributed by atoms with Gasteiger partial charge in [0, 0.05) is 6.07 Å². The summed E-state index contributed by atoms with van der Waals surface area (Å²) in [6, 6.07) is 7.16. The number of aromatic nitrogens is 1. The molecular formula is C8H4N2O. The summed E-state index contributed by atoms with van der Waals surface area (Å²) in [6.07, 6.45) is 1.37. The van der Waals surface area contributed by atoms with Gasteiger partial charge in [-0.05, 0) is 12.1 Å². The normalized spacial score (nSPS) is 9.73. The molecule has 0 bridgehead atoms. The van der Waals surface area contributed by atoms with Crippen LogP contribution in [0, 0.1) is 11.3 Å². The molecule has 0 aliphatic heterocycles. The fraction of sp³-hybridized carbons (Fsp3) is 0. The van der Waals surface area contributed by atoms with Gasteiger partial charge in [-0.2, -0.15) is 5.26 Å². The Morgan fingerprint density at radius 1 is 1.45 bits per heavy atom. The lowest BCUT2D eigenvalue weighted by Crippen LogP contribution is -1.71. The van der Waals surface area contributed by atoms with Crippen LogP contribution in [0.15, 0.2) is 29.0 Å². The third-order valence-electron chi connectivity index (χ3n) is 1.46. The zero-order valence-corrected chi connectivity index (χ0v) is 5.61. The van der Waals surface area contributed by atoms with E-state index in [-0.39, 0.29) is 0 Å². The van der Waals surface area contributed by atoms with E-state index in [1.165, 1.54) is 6.39 Å². The van der Waals surface area contributed by atoms with Crippen LogP contribution < -0.4 is 0 Å². The van der Waals surface area contributed by atoms with Crippen molar-refractivity contribution in [3.05, 3.63) is 30.2 Å². The monoisotopic (exact) mass is 144 g/mol. The Balaban J connectivity index is 2.79. The topological polar surface area (TPSA) is 49.8 Å². The number of nitriles is 1. The van der Waals surface area contributed by atoms with Crippen LogP contribution in [0.3, 0.4) is 0 Å². The third-order valence-corrected chi connectivity index (χ3v) is 1.46. The van der Waals surface area contributed by atoms with Gasteiger partial charge < -0.3 is 4.42 Å². The molecule has 2 aromatic rings. The van der Waals surface area contributed by atoms with Crippen molar-refractivity contribution < 1.29 is 4.42 Å². The molecule has 0 saturated heterocycles. The molecule has 11 heavy (non-hydrogen) atoms. The molecule has 3 nitrogen and oxygen atoms in total. The number of hydrogen-bond donors (Lipinski definition) is 0. The molecule has 0 fully saturated rings. The second-order valence-corrected chi connectivity index (χ2v) is 2.15. The standard InChI is InChI=1S/C8H4N2O/c9-4-6-1-2-7-8(3-6)11-5-10-7/h1-3,5H. The Hall–Kier alpha value is -1.82. The van der Waals surface area contributed by atoms with Crippen molar-refractivity contribution in [1.29, 1.82) is 5.26 Å². The smallest absolute Gasteiger partial charge is 0.181 e. The molecule has 2 rings (SSSR count). The van der Waals surface area contributed by atoms with Gasteiger partial charge in [0.1, 0.15) is 5.52 Å². The molecule has 52 valence electrons. The summed E-state index contributed by atoms with van der Waals surface area (Å²) in [4.78, 5) is 3.92. The van der Waals surface area contributed by atoms with Gasteiger partial charge >= 0.3 is 0 Å². The van der Waals surface area contributed by atoms with Crippen molar-refractivity contribution in [1.82, 2.24) is 4.98 Å². The van der Waals surface area contributed by atoms with E-state index in [0.717, 1.165) is 5.52 Å². The molecule has 0 spiro atoms. The Labute approximate surface area is 62.9 Å². The molecule has 3 heteroatoms. The molecule has 1 aromatic heterocycles. The highest BCUT2D eigenvalue weighted by Crippen LogP contribution is 2.12. The highest BCUT2D eigenvalue weighted by Gasteiger charge is 1.97. The predicted octanol–water partition coefficient (Wildman–Crippen LogP) is 1.70. The largest absolute Gasteiger partial charge is 0.443 e. The number of hydrogen-bond acceptors (Lipinski definition) is 3. The van der Waals surface area contributed by atoms with Crippen LogP contribution >= 0.6 is 0 Å². The Morgan fingerprint density at radius 3 is 3.18 bits per heavy atom. The van der Waals surface area contributed by atoms with Gasteiger partial charge in [0.25, 0.3) is 0 Å². The minimum atomic E-state index is 0.592. The van der Waals surface area contributed by atoms with E-state index in [9.17, 15) is 0 Å². The van der Waals surface area contributed by atoms with E-state index in [0.29, 0.717) is 11.1 Å². The fourth-order valence-corrected chi connectivity index (χ4v) is 0.925. The first kappa shape index (κ1) is 5.93. The highest BCUT2D eigenvalue weighted by molar-refractivity contribution is 5.73. The first-order valence-corrected chi connectivity index (χ1v) is 3.13. The van der Waals surface area contributed by atoms with Crippen molar-refractivity contribution in [2.24, 2.45) is 0 Å². The Kier molecular flexibility index (Phi) is 1.13. The second-order valence-electron chi connectivity index (χ2n) is 2.15. The maximum Gasteiger partial charge on any atom is 0.181 e. The Morgan fingerprint density at radius 2 is 2.36 bits per heavy atom.